The predicted molar refractivity (Wildman–Crippen MR) is 74.5 cm³/mol. The number of nitrogen functional groups attached to an aromatic ring is 1. The van der Waals surface area contributed by atoms with Crippen molar-refractivity contribution in [2.24, 2.45) is 5.84 Å². The van der Waals surface area contributed by atoms with Crippen LogP contribution < -0.4 is 11.3 Å². The summed E-state index contributed by atoms with van der Waals surface area (Å²) < 4.78 is 5.78. The minimum atomic E-state index is -0.322. The maximum absolute atomic E-state index is 11.9. The van der Waals surface area contributed by atoms with Crippen LogP contribution in [0.15, 0.2) is 28.7 Å². The Morgan fingerprint density at radius 1 is 1.42 bits per heavy atom. The number of amides is 1. The highest BCUT2D eigenvalue weighted by Crippen LogP contribution is 2.26. The van der Waals surface area contributed by atoms with E-state index in [1.165, 1.54) is 0 Å². The number of carbonyl (C=O) groups excluding carboxylic acids is 1. The van der Waals surface area contributed by atoms with Gasteiger partial charge in [-0.3, -0.25) is 15.1 Å². The summed E-state index contributed by atoms with van der Waals surface area (Å²) in [6.45, 7) is 4.74. The maximum Gasteiger partial charge on any atom is 0.269 e. The fourth-order valence-electron chi connectivity index (χ4n) is 1.94. The molecule has 1 aromatic carbocycles. The van der Waals surface area contributed by atoms with E-state index in [-0.39, 0.29) is 5.91 Å². The van der Waals surface area contributed by atoms with Crippen molar-refractivity contribution in [1.82, 2.24) is 10.3 Å². The van der Waals surface area contributed by atoms with Crippen LogP contribution in [0, 0.1) is 0 Å². The Kier molecular flexibility index (Phi) is 3.87. The van der Waals surface area contributed by atoms with Gasteiger partial charge in [0, 0.05) is 11.4 Å². The third-order valence-electron chi connectivity index (χ3n) is 3.30. The number of hydrogen-bond donors (Lipinski definition) is 2. The zero-order chi connectivity index (χ0) is 14.0. The van der Waals surface area contributed by atoms with E-state index in [0.717, 1.165) is 5.39 Å². The number of nitrogens with zero attached hydrogens (tertiary/aromatic N) is 1. The van der Waals surface area contributed by atoms with Crippen LogP contribution in [-0.2, 0) is 6.54 Å². The van der Waals surface area contributed by atoms with Gasteiger partial charge in [-0.25, -0.2) is 5.84 Å². The number of hydrogen-bond acceptors (Lipinski definition) is 4. The predicted octanol–water partition coefficient (Wildman–Crippen LogP) is 1.88. The summed E-state index contributed by atoms with van der Waals surface area (Å²) in [5, 5.41) is 0.789. The van der Waals surface area contributed by atoms with Crippen molar-refractivity contribution >= 4 is 16.9 Å². The summed E-state index contributed by atoms with van der Waals surface area (Å²) in [5.41, 5.74) is 3.41. The highest BCUT2D eigenvalue weighted by atomic mass is 16.3. The van der Waals surface area contributed by atoms with Gasteiger partial charge in [-0.15, -0.1) is 0 Å². The van der Waals surface area contributed by atoms with Gasteiger partial charge in [0.05, 0.1) is 12.1 Å². The van der Waals surface area contributed by atoms with Gasteiger partial charge < -0.3 is 4.42 Å². The van der Waals surface area contributed by atoms with E-state index in [1.807, 2.05) is 31.3 Å². The van der Waals surface area contributed by atoms with E-state index in [0.29, 0.717) is 29.5 Å². The van der Waals surface area contributed by atoms with Crippen LogP contribution >= 0.6 is 0 Å². The first-order valence-corrected chi connectivity index (χ1v) is 6.26. The lowest BCUT2D eigenvalue weighted by atomic mass is 10.1. The standard InChI is InChI=1S/C14H19N3O2/c1-9(2)17(3)8-12-13(14(18)16-15)10-6-4-5-7-11(10)19-12/h4-7,9H,8,15H2,1-3H3,(H,16,18). The van der Waals surface area contributed by atoms with Crippen LogP contribution in [0.5, 0.6) is 0 Å². The monoisotopic (exact) mass is 261 g/mol. The average Bonchev–Trinajstić information content (AvgIpc) is 2.75. The zero-order valence-electron chi connectivity index (χ0n) is 11.4. The molecule has 0 radical (unpaired) electrons. The molecule has 2 aromatic rings. The zero-order valence-corrected chi connectivity index (χ0v) is 11.4. The highest BCUT2D eigenvalue weighted by molar-refractivity contribution is 6.07. The molecule has 0 aliphatic rings. The molecule has 0 unspecified atom stereocenters. The number of rotatable bonds is 4. The first-order valence-electron chi connectivity index (χ1n) is 6.26. The molecule has 102 valence electrons. The smallest absolute Gasteiger partial charge is 0.269 e. The minimum Gasteiger partial charge on any atom is -0.459 e. The molecule has 0 aliphatic heterocycles. The van der Waals surface area contributed by atoms with Gasteiger partial charge in [0.25, 0.3) is 5.91 Å². The van der Waals surface area contributed by atoms with Crippen molar-refractivity contribution in [2.75, 3.05) is 7.05 Å². The summed E-state index contributed by atoms with van der Waals surface area (Å²) in [6.07, 6.45) is 0. The van der Waals surface area contributed by atoms with E-state index in [9.17, 15) is 4.79 Å². The number of fused-ring (bicyclic) bond motifs is 1. The quantitative estimate of drug-likeness (QED) is 0.501. The topological polar surface area (TPSA) is 71.5 Å². The van der Waals surface area contributed by atoms with Gasteiger partial charge in [0.1, 0.15) is 11.3 Å². The van der Waals surface area contributed by atoms with Crippen LogP contribution in [0.1, 0.15) is 30.0 Å². The molecular weight excluding hydrogens is 242 g/mol. The number of carbonyl (C=O) groups is 1. The van der Waals surface area contributed by atoms with Crippen LogP contribution in [0.4, 0.5) is 0 Å². The van der Waals surface area contributed by atoms with Crippen LogP contribution in [0.2, 0.25) is 0 Å². The molecule has 3 N–H and O–H groups in total. The van der Waals surface area contributed by atoms with Crippen molar-refractivity contribution in [3.63, 3.8) is 0 Å². The lowest BCUT2D eigenvalue weighted by molar-refractivity contribution is 0.0951. The minimum absolute atomic E-state index is 0.322. The van der Waals surface area contributed by atoms with Gasteiger partial charge >= 0.3 is 0 Å². The normalized spacial score (nSPS) is 11.5. The summed E-state index contributed by atoms with van der Waals surface area (Å²) in [7, 11) is 1.99. The molecule has 2 rings (SSSR count). The average molecular weight is 261 g/mol. The van der Waals surface area contributed by atoms with E-state index >= 15 is 0 Å². The molecular formula is C14H19N3O2. The number of hydrazine groups is 1. The Morgan fingerprint density at radius 3 is 2.74 bits per heavy atom. The highest BCUT2D eigenvalue weighted by Gasteiger charge is 2.21. The van der Waals surface area contributed by atoms with E-state index in [2.05, 4.69) is 24.2 Å². The van der Waals surface area contributed by atoms with E-state index in [4.69, 9.17) is 10.3 Å². The summed E-state index contributed by atoms with van der Waals surface area (Å²) in [4.78, 5) is 14.0. The Balaban J connectivity index is 2.50. The number of benzene rings is 1. The molecule has 1 heterocycles. The molecule has 1 aromatic heterocycles. The number of furan rings is 1. The first-order chi connectivity index (χ1) is 9.04. The lowest BCUT2D eigenvalue weighted by Gasteiger charge is -2.19. The summed E-state index contributed by atoms with van der Waals surface area (Å²) in [5.74, 6) is 5.58. The Morgan fingerprint density at radius 2 is 2.11 bits per heavy atom. The van der Waals surface area contributed by atoms with Gasteiger partial charge in [-0.05, 0) is 27.0 Å². The molecule has 0 atom stereocenters. The van der Waals surface area contributed by atoms with Gasteiger partial charge in [-0.1, -0.05) is 18.2 Å². The first kappa shape index (κ1) is 13.6. The van der Waals surface area contributed by atoms with Crippen molar-refractivity contribution in [1.29, 1.82) is 0 Å². The second kappa shape index (κ2) is 5.42. The number of para-hydroxylation sites is 1. The Labute approximate surface area is 112 Å². The SMILES string of the molecule is CC(C)N(C)Cc1oc2ccccc2c1C(=O)NN. The maximum atomic E-state index is 11.9. The molecule has 19 heavy (non-hydrogen) atoms. The van der Waals surface area contributed by atoms with E-state index in [1.54, 1.807) is 0 Å². The molecule has 0 saturated carbocycles. The van der Waals surface area contributed by atoms with Crippen LogP contribution in [0.25, 0.3) is 11.0 Å². The van der Waals surface area contributed by atoms with Gasteiger partial charge in [-0.2, -0.15) is 0 Å². The van der Waals surface area contributed by atoms with Crippen molar-refractivity contribution < 1.29 is 9.21 Å². The van der Waals surface area contributed by atoms with Crippen molar-refractivity contribution in [3.8, 4) is 0 Å². The largest absolute Gasteiger partial charge is 0.459 e. The molecule has 0 bridgehead atoms. The second-order valence-electron chi connectivity index (χ2n) is 4.88. The molecule has 1 amide bonds. The molecule has 0 fully saturated rings. The van der Waals surface area contributed by atoms with Gasteiger partial charge in [0.15, 0.2) is 0 Å². The fraction of sp³-hybridized carbons (Fsp3) is 0.357. The van der Waals surface area contributed by atoms with Crippen molar-refractivity contribution in [2.45, 2.75) is 26.4 Å². The van der Waals surface area contributed by atoms with Crippen LogP contribution in [-0.4, -0.2) is 23.9 Å². The Bertz CT molecular complexity index is 589. The Hall–Kier alpha value is -1.85. The molecule has 0 spiro atoms. The second-order valence-corrected chi connectivity index (χ2v) is 4.88. The van der Waals surface area contributed by atoms with E-state index < -0.39 is 0 Å². The third-order valence-corrected chi connectivity index (χ3v) is 3.30. The summed E-state index contributed by atoms with van der Waals surface area (Å²) in [6, 6.07) is 7.83. The van der Waals surface area contributed by atoms with Crippen LogP contribution in [0.3, 0.4) is 0 Å². The third kappa shape index (κ3) is 2.62. The molecule has 5 nitrogen and oxygen atoms in total. The number of nitrogens with one attached hydrogen (secondary N) is 1. The fourth-order valence-corrected chi connectivity index (χ4v) is 1.94. The van der Waals surface area contributed by atoms with Crippen molar-refractivity contribution in [3.05, 3.63) is 35.6 Å². The molecule has 0 saturated heterocycles. The summed E-state index contributed by atoms with van der Waals surface area (Å²) >= 11 is 0. The lowest BCUT2D eigenvalue weighted by Crippen LogP contribution is -2.32. The molecule has 5 heteroatoms. The van der Waals surface area contributed by atoms with Gasteiger partial charge in [0.2, 0.25) is 0 Å². The molecule has 0 aliphatic carbocycles. The number of nitrogens with two attached hydrogens (primary N) is 1.